The molecule has 1 aromatic rings. The minimum atomic E-state index is 0.118. The molecule has 2 rings (SSSR count). The van der Waals surface area contributed by atoms with Crippen LogP contribution in [0.2, 0.25) is 0 Å². The fourth-order valence-corrected chi connectivity index (χ4v) is 3.95. The van der Waals surface area contributed by atoms with Crippen LogP contribution in [0.4, 0.5) is 5.13 Å². The zero-order valence-corrected chi connectivity index (χ0v) is 15.3. The third-order valence-corrected chi connectivity index (χ3v) is 4.90. The molecular weight excluding hydrogens is 278 g/mol. The van der Waals surface area contributed by atoms with Crippen LogP contribution in [-0.4, -0.2) is 24.1 Å². The lowest BCUT2D eigenvalue weighted by molar-refractivity contribution is 0.535. The van der Waals surface area contributed by atoms with Crippen molar-refractivity contribution in [2.24, 2.45) is 5.92 Å². The van der Waals surface area contributed by atoms with Crippen molar-refractivity contribution in [3.63, 3.8) is 0 Å². The van der Waals surface area contributed by atoms with Gasteiger partial charge in [-0.05, 0) is 32.2 Å². The maximum Gasteiger partial charge on any atom is 0.186 e. The van der Waals surface area contributed by atoms with E-state index in [0.717, 1.165) is 25.7 Å². The first kappa shape index (κ1) is 16.8. The third-order valence-electron chi connectivity index (χ3n) is 3.81. The van der Waals surface area contributed by atoms with E-state index in [1.165, 1.54) is 28.5 Å². The van der Waals surface area contributed by atoms with Crippen molar-refractivity contribution in [2.45, 2.75) is 72.4 Å². The van der Waals surface area contributed by atoms with Gasteiger partial charge in [-0.3, -0.25) is 0 Å². The normalized spacial score (nSPS) is 15.8. The highest BCUT2D eigenvalue weighted by Crippen LogP contribution is 2.38. The number of hydrogen-bond donors (Lipinski definition) is 1. The Hall–Kier alpha value is -0.610. The van der Waals surface area contributed by atoms with Gasteiger partial charge in [0.05, 0.1) is 5.69 Å². The quantitative estimate of drug-likeness (QED) is 0.819. The molecular formula is C17H31N3S. The highest BCUT2D eigenvalue weighted by molar-refractivity contribution is 7.15. The molecule has 4 heteroatoms. The SMILES string of the molecule is CCN(c1nc(C(C)(C)C)c(CNCC(C)C)s1)C1CC1. The maximum atomic E-state index is 5.02. The standard InChI is InChI=1S/C17H31N3S/c1-7-20(13-8-9-13)16-19-15(17(4,5)6)14(21-16)11-18-10-12(2)3/h12-13,18H,7-11H2,1-6H3. The lowest BCUT2D eigenvalue weighted by Crippen LogP contribution is -2.25. The van der Waals surface area contributed by atoms with Gasteiger partial charge in [0.15, 0.2) is 5.13 Å². The smallest absolute Gasteiger partial charge is 0.186 e. The lowest BCUT2D eigenvalue weighted by Gasteiger charge is -2.20. The van der Waals surface area contributed by atoms with Gasteiger partial charge in [-0.1, -0.05) is 34.6 Å². The van der Waals surface area contributed by atoms with E-state index in [-0.39, 0.29) is 5.41 Å². The van der Waals surface area contributed by atoms with Crippen molar-refractivity contribution in [2.75, 3.05) is 18.0 Å². The van der Waals surface area contributed by atoms with Crippen LogP contribution in [0, 0.1) is 5.92 Å². The molecule has 0 aromatic carbocycles. The molecule has 21 heavy (non-hydrogen) atoms. The second kappa shape index (κ2) is 6.66. The van der Waals surface area contributed by atoms with E-state index in [1.54, 1.807) is 0 Å². The minimum absolute atomic E-state index is 0.118. The van der Waals surface area contributed by atoms with Crippen LogP contribution in [0.3, 0.4) is 0 Å². The second-order valence-electron chi connectivity index (χ2n) is 7.56. The molecule has 1 N–H and O–H groups in total. The van der Waals surface area contributed by atoms with Crippen molar-refractivity contribution >= 4 is 16.5 Å². The molecule has 0 saturated heterocycles. The van der Waals surface area contributed by atoms with Gasteiger partial charge < -0.3 is 10.2 Å². The molecule has 1 saturated carbocycles. The predicted octanol–water partition coefficient (Wildman–Crippen LogP) is 4.17. The molecule has 0 amide bonds. The maximum absolute atomic E-state index is 5.02. The fraction of sp³-hybridized carbons (Fsp3) is 0.824. The van der Waals surface area contributed by atoms with Crippen LogP contribution >= 0.6 is 11.3 Å². The summed E-state index contributed by atoms with van der Waals surface area (Å²) >= 11 is 1.89. The molecule has 0 bridgehead atoms. The molecule has 0 radical (unpaired) electrons. The van der Waals surface area contributed by atoms with E-state index in [0.29, 0.717) is 5.92 Å². The van der Waals surface area contributed by atoms with Crippen LogP contribution in [0.5, 0.6) is 0 Å². The molecule has 0 aliphatic heterocycles. The lowest BCUT2D eigenvalue weighted by atomic mass is 9.91. The number of nitrogens with zero attached hydrogens (tertiary/aromatic N) is 2. The molecule has 1 heterocycles. The zero-order chi connectivity index (χ0) is 15.6. The molecule has 0 unspecified atom stereocenters. The van der Waals surface area contributed by atoms with Gasteiger partial charge in [-0.25, -0.2) is 4.98 Å². The van der Waals surface area contributed by atoms with Crippen molar-refractivity contribution < 1.29 is 0 Å². The van der Waals surface area contributed by atoms with Crippen LogP contribution in [0.1, 0.15) is 65.0 Å². The van der Waals surface area contributed by atoms with E-state index < -0.39 is 0 Å². The van der Waals surface area contributed by atoms with E-state index in [4.69, 9.17) is 4.98 Å². The highest BCUT2D eigenvalue weighted by Gasteiger charge is 2.32. The minimum Gasteiger partial charge on any atom is -0.345 e. The monoisotopic (exact) mass is 309 g/mol. The van der Waals surface area contributed by atoms with Gasteiger partial charge in [0, 0.05) is 29.4 Å². The van der Waals surface area contributed by atoms with Crippen LogP contribution in [0.25, 0.3) is 0 Å². The summed E-state index contributed by atoms with van der Waals surface area (Å²) in [7, 11) is 0. The summed E-state index contributed by atoms with van der Waals surface area (Å²) < 4.78 is 0. The Bertz CT molecular complexity index is 455. The van der Waals surface area contributed by atoms with Gasteiger partial charge in [-0.2, -0.15) is 0 Å². The van der Waals surface area contributed by atoms with Crippen molar-refractivity contribution in [1.29, 1.82) is 0 Å². The summed E-state index contributed by atoms with van der Waals surface area (Å²) in [6, 6.07) is 0.741. The molecule has 0 atom stereocenters. The molecule has 1 fully saturated rings. The topological polar surface area (TPSA) is 28.2 Å². The van der Waals surface area contributed by atoms with Crippen LogP contribution in [-0.2, 0) is 12.0 Å². The predicted molar refractivity (Wildman–Crippen MR) is 93.4 cm³/mol. The first-order valence-electron chi connectivity index (χ1n) is 8.30. The Labute approximate surface area is 134 Å². The molecule has 3 nitrogen and oxygen atoms in total. The fourth-order valence-electron chi connectivity index (χ4n) is 2.58. The Morgan fingerprint density at radius 1 is 1.33 bits per heavy atom. The Morgan fingerprint density at radius 3 is 2.48 bits per heavy atom. The largest absolute Gasteiger partial charge is 0.345 e. The summed E-state index contributed by atoms with van der Waals surface area (Å²) in [5.41, 5.74) is 1.39. The highest BCUT2D eigenvalue weighted by atomic mass is 32.1. The second-order valence-corrected chi connectivity index (χ2v) is 8.62. The first-order valence-corrected chi connectivity index (χ1v) is 9.12. The number of aromatic nitrogens is 1. The summed E-state index contributed by atoms with van der Waals surface area (Å²) in [4.78, 5) is 8.92. The van der Waals surface area contributed by atoms with Gasteiger partial charge in [0.25, 0.3) is 0 Å². The van der Waals surface area contributed by atoms with Gasteiger partial charge in [0.1, 0.15) is 0 Å². The van der Waals surface area contributed by atoms with Gasteiger partial charge >= 0.3 is 0 Å². The van der Waals surface area contributed by atoms with Gasteiger partial charge in [0.2, 0.25) is 0 Å². The average molecular weight is 310 g/mol. The van der Waals surface area contributed by atoms with E-state index in [9.17, 15) is 0 Å². The van der Waals surface area contributed by atoms with E-state index in [1.807, 2.05) is 11.3 Å². The van der Waals surface area contributed by atoms with E-state index in [2.05, 4.69) is 51.8 Å². The number of thiazole rings is 1. The first-order chi connectivity index (χ1) is 9.82. The number of rotatable bonds is 7. The van der Waals surface area contributed by atoms with E-state index >= 15 is 0 Å². The Kier molecular flexibility index (Phi) is 5.31. The molecule has 1 aliphatic carbocycles. The number of nitrogens with one attached hydrogen (secondary N) is 1. The van der Waals surface area contributed by atoms with Crippen LogP contribution in [0.15, 0.2) is 0 Å². The van der Waals surface area contributed by atoms with Crippen molar-refractivity contribution in [3.8, 4) is 0 Å². The molecule has 120 valence electrons. The van der Waals surface area contributed by atoms with Gasteiger partial charge in [-0.15, -0.1) is 11.3 Å². The average Bonchev–Trinajstić information content (AvgIpc) is 3.09. The Morgan fingerprint density at radius 2 is 2.00 bits per heavy atom. The number of anilines is 1. The third kappa shape index (κ3) is 4.43. The summed E-state index contributed by atoms with van der Waals surface area (Å²) in [6.07, 6.45) is 2.67. The zero-order valence-electron chi connectivity index (χ0n) is 14.5. The molecule has 0 spiro atoms. The molecule has 1 aromatic heterocycles. The van der Waals surface area contributed by atoms with Crippen molar-refractivity contribution in [3.05, 3.63) is 10.6 Å². The Balaban J connectivity index is 2.18. The summed E-state index contributed by atoms with van der Waals surface area (Å²) in [5, 5.41) is 4.81. The molecule has 1 aliphatic rings. The summed E-state index contributed by atoms with van der Waals surface area (Å²) in [5.74, 6) is 0.689. The van der Waals surface area contributed by atoms with Crippen LogP contribution < -0.4 is 10.2 Å². The van der Waals surface area contributed by atoms with Crippen molar-refractivity contribution in [1.82, 2.24) is 10.3 Å². The summed E-state index contributed by atoms with van der Waals surface area (Å²) in [6.45, 7) is 16.6. The number of hydrogen-bond acceptors (Lipinski definition) is 4.